The van der Waals surface area contributed by atoms with E-state index >= 15 is 0 Å². The lowest BCUT2D eigenvalue weighted by molar-refractivity contribution is 0.301. The Hall–Kier alpha value is -1.39. The number of hydrogen-bond acceptors (Lipinski definition) is 4. The maximum absolute atomic E-state index is 5.85. The van der Waals surface area contributed by atoms with Crippen LogP contribution in [0.15, 0.2) is 23.6 Å². The van der Waals surface area contributed by atoms with Crippen LogP contribution in [0.5, 0.6) is 5.75 Å². The first-order valence-corrected chi connectivity index (χ1v) is 6.85. The van der Waals surface area contributed by atoms with Crippen molar-refractivity contribution in [1.82, 2.24) is 10.3 Å². The Morgan fingerprint density at radius 1 is 1.33 bits per heavy atom. The van der Waals surface area contributed by atoms with Gasteiger partial charge in [-0.1, -0.05) is 17.7 Å². The third kappa shape index (κ3) is 3.31. The zero-order valence-electron chi connectivity index (χ0n) is 11.0. The monoisotopic (exact) mass is 262 g/mol. The molecular formula is C14H18N2OS. The number of thiazole rings is 1. The molecule has 0 unspecified atom stereocenters. The maximum Gasteiger partial charge on any atom is 0.140 e. The largest absolute Gasteiger partial charge is 0.486 e. The zero-order chi connectivity index (χ0) is 13.0. The molecule has 0 spiro atoms. The van der Waals surface area contributed by atoms with Gasteiger partial charge < -0.3 is 10.1 Å². The van der Waals surface area contributed by atoms with E-state index in [9.17, 15) is 0 Å². The molecule has 1 aromatic heterocycles. The minimum absolute atomic E-state index is 0.540. The van der Waals surface area contributed by atoms with Crippen molar-refractivity contribution in [1.29, 1.82) is 0 Å². The molecule has 1 heterocycles. The van der Waals surface area contributed by atoms with Gasteiger partial charge in [0.1, 0.15) is 17.4 Å². The smallest absolute Gasteiger partial charge is 0.140 e. The molecule has 0 saturated carbocycles. The molecule has 0 radical (unpaired) electrons. The summed E-state index contributed by atoms with van der Waals surface area (Å²) in [5.41, 5.74) is 3.49. The Morgan fingerprint density at radius 2 is 2.17 bits per heavy atom. The Kier molecular flexibility index (Phi) is 4.33. The van der Waals surface area contributed by atoms with E-state index in [-0.39, 0.29) is 0 Å². The standard InChI is InChI=1S/C14H18N2OS/c1-10-4-5-13(12(6-10)7-15-3)17-8-14-16-11(2)9-18-14/h4-6,9,15H,7-8H2,1-3H3. The first-order valence-electron chi connectivity index (χ1n) is 5.97. The van der Waals surface area contributed by atoms with Gasteiger partial charge in [0.15, 0.2) is 0 Å². The van der Waals surface area contributed by atoms with Crippen molar-refractivity contribution < 1.29 is 4.74 Å². The van der Waals surface area contributed by atoms with Gasteiger partial charge in [-0.05, 0) is 27.0 Å². The summed E-state index contributed by atoms with van der Waals surface area (Å²) in [5, 5.41) is 6.22. The molecule has 0 aliphatic rings. The van der Waals surface area contributed by atoms with Gasteiger partial charge in [0.25, 0.3) is 0 Å². The van der Waals surface area contributed by atoms with Gasteiger partial charge in [-0.25, -0.2) is 4.98 Å². The van der Waals surface area contributed by atoms with Gasteiger partial charge >= 0.3 is 0 Å². The number of hydrogen-bond donors (Lipinski definition) is 1. The van der Waals surface area contributed by atoms with Crippen molar-refractivity contribution in [2.75, 3.05) is 7.05 Å². The Labute approximate surface area is 112 Å². The van der Waals surface area contributed by atoms with Crippen LogP contribution in [0.4, 0.5) is 0 Å². The average molecular weight is 262 g/mol. The lowest BCUT2D eigenvalue weighted by Gasteiger charge is -2.11. The Morgan fingerprint density at radius 3 is 2.83 bits per heavy atom. The van der Waals surface area contributed by atoms with Crippen LogP contribution in [0.2, 0.25) is 0 Å². The fourth-order valence-corrected chi connectivity index (χ4v) is 2.47. The average Bonchev–Trinajstić information content (AvgIpc) is 2.75. The SMILES string of the molecule is CNCc1cc(C)ccc1OCc1nc(C)cs1. The quantitative estimate of drug-likeness (QED) is 0.899. The van der Waals surface area contributed by atoms with Crippen LogP contribution in [0.1, 0.15) is 21.8 Å². The number of ether oxygens (including phenoxy) is 1. The molecule has 0 fully saturated rings. The van der Waals surface area contributed by atoms with E-state index in [1.165, 1.54) is 11.1 Å². The fraction of sp³-hybridized carbons (Fsp3) is 0.357. The molecule has 0 atom stereocenters. The van der Waals surface area contributed by atoms with Crippen LogP contribution in [-0.4, -0.2) is 12.0 Å². The van der Waals surface area contributed by atoms with Crippen molar-refractivity contribution in [3.63, 3.8) is 0 Å². The van der Waals surface area contributed by atoms with Crippen LogP contribution in [0.25, 0.3) is 0 Å². The van der Waals surface area contributed by atoms with Crippen molar-refractivity contribution in [2.24, 2.45) is 0 Å². The van der Waals surface area contributed by atoms with Crippen LogP contribution in [-0.2, 0) is 13.2 Å². The minimum atomic E-state index is 0.540. The van der Waals surface area contributed by atoms with Gasteiger partial charge in [-0.15, -0.1) is 11.3 Å². The zero-order valence-corrected chi connectivity index (χ0v) is 11.8. The molecule has 96 valence electrons. The summed E-state index contributed by atoms with van der Waals surface area (Å²) >= 11 is 1.64. The first-order chi connectivity index (χ1) is 8.69. The number of aryl methyl sites for hydroxylation is 2. The molecule has 3 nitrogen and oxygen atoms in total. The molecule has 0 saturated heterocycles. The van der Waals surface area contributed by atoms with Crippen LogP contribution >= 0.6 is 11.3 Å². The van der Waals surface area contributed by atoms with Crippen molar-refractivity contribution in [3.05, 3.63) is 45.4 Å². The molecule has 1 aromatic carbocycles. The number of benzene rings is 1. The summed E-state index contributed by atoms with van der Waals surface area (Å²) in [6.45, 7) is 5.44. The van der Waals surface area contributed by atoms with Crippen molar-refractivity contribution in [2.45, 2.75) is 27.0 Å². The molecule has 2 rings (SSSR count). The van der Waals surface area contributed by atoms with E-state index in [4.69, 9.17) is 4.74 Å². The lowest BCUT2D eigenvalue weighted by Crippen LogP contribution is -2.08. The predicted octanol–water partition coefficient (Wildman–Crippen LogP) is 3.06. The van der Waals surface area contributed by atoms with Crippen LogP contribution in [0, 0.1) is 13.8 Å². The summed E-state index contributed by atoms with van der Waals surface area (Å²) < 4.78 is 5.85. The highest BCUT2D eigenvalue weighted by molar-refractivity contribution is 7.09. The molecular weight excluding hydrogens is 244 g/mol. The molecule has 1 N–H and O–H groups in total. The highest BCUT2D eigenvalue weighted by Crippen LogP contribution is 2.21. The minimum Gasteiger partial charge on any atom is -0.486 e. The third-order valence-corrected chi connectivity index (χ3v) is 3.54. The summed E-state index contributed by atoms with van der Waals surface area (Å²) in [6.07, 6.45) is 0. The highest BCUT2D eigenvalue weighted by atomic mass is 32.1. The maximum atomic E-state index is 5.85. The first kappa shape index (κ1) is 13.1. The van der Waals surface area contributed by atoms with E-state index in [1.54, 1.807) is 11.3 Å². The van der Waals surface area contributed by atoms with E-state index in [0.717, 1.165) is 23.0 Å². The molecule has 2 aromatic rings. The Bertz CT molecular complexity index is 522. The second-order valence-electron chi connectivity index (χ2n) is 4.31. The van der Waals surface area contributed by atoms with Gasteiger partial charge in [0.05, 0.1) is 0 Å². The number of nitrogens with one attached hydrogen (secondary N) is 1. The fourth-order valence-electron chi connectivity index (χ4n) is 1.79. The van der Waals surface area contributed by atoms with Crippen LogP contribution in [0.3, 0.4) is 0 Å². The third-order valence-electron chi connectivity index (χ3n) is 2.60. The molecule has 18 heavy (non-hydrogen) atoms. The molecule has 4 heteroatoms. The second-order valence-corrected chi connectivity index (χ2v) is 5.26. The molecule has 0 amide bonds. The van der Waals surface area contributed by atoms with E-state index < -0.39 is 0 Å². The van der Waals surface area contributed by atoms with Crippen LogP contribution < -0.4 is 10.1 Å². The summed E-state index contributed by atoms with van der Waals surface area (Å²) in [6, 6.07) is 6.25. The van der Waals surface area contributed by atoms with Gasteiger partial charge in [0, 0.05) is 23.2 Å². The van der Waals surface area contributed by atoms with Crippen molar-refractivity contribution >= 4 is 11.3 Å². The van der Waals surface area contributed by atoms with E-state index in [0.29, 0.717) is 6.61 Å². The van der Waals surface area contributed by atoms with Crippen molar-refractivity contribution in [3.8, 4) is 5.75 Å². The molecule has 0 bridgehead atoms. The highest BCUT2D eigenvalue weighted by Gasteiger charge is 2.05. The summed E-state index contributed by atoms with van der Waals surface area (Å²) in [5.74, 6) is 0.933. The van der Waals surface area contributed by atoms with Gasteiger partial charge in [-0.3, -0.25) is 0 Å². The molecule has 0 aliphatic carbocycles. The predicted molar refractivity (Wildman–Crippen MR) is 75.1 cm³/mol. The van der Waals surface area contributed by atoms with E-state index in [2.05, 4.69) is 29.4 Å². The number of nitrogens with zero attached hydrogens (tertiary/aromatic N) is 1. The summed E-state index contributed by atoms with van der Waals surface area (Å²) in [4.78, 5) is 4.40. The number of aromatic nitrogens is 1. The second kappa shape index (κ2) is 5.98. The summed E-state index contributed by atoms with van der Waals surface area (Å²) in [7, 11) is 1.94. The van der Waals surface area contributed by atoms with Gasteiger partial charge in [0.2, 0.25) is 0 Å². The normalized spacial score (nSPS) is 10.6. The van der Waals surface area contributed by atoms with E-state index in [1.807, 2.05) is 25.4 Å². The Balaban J connectivity index is 2.08. The lowest BCUT2D eigenvalue weighted by atomic mass is 10.1. The number of rotatable bonds is 5. The topological polar surface area (TPSA) is 34.1 Å². The van der Waals surface area contributed by atoms with Gasteiger partial charge in [-0.2, -0.15) is 0 Å². The molecule has 0 aliphatic heterocycles.